The second-order valence-corrected chi connectivity index (χ2v) is 4.64. The molecule has 90 valence electrons. The Morgan fingerprint density at radius 1 is 1.22 bits per heavy atom. The summed E-state index contributed by atoms with van der Waals surface area (Å²) in [7, 11) is 0. The third-order valence-electron chi connectivity index (χ3n) is 2.52. The molecule has 0 saturated heterocycles. The first-order valence-corrected chi connectivity index (χ1v) is 5.72. The summed E-state index contributed by atoms with van der Waals surface area (Å²) in [6, 6.07) is 1.98. The van der Waals surface area contributed by atoms with E-state index in [1.54, 1.807) is 0 Å². The van der Waals surface area contributed by atoms with Crippen molar-refractivity contribution in [3.63, 3.8) is 0 Å². The van der Waals surface area contributed by atoms with Crippen LogP contribution in [0.2, 0.25) is 0 Å². The molecule has 18 heavy (non-hydrogen) atoms. The van der Waals surface area contributed by atoms with Crippen molar-refractivity contribution in [2.45, 2.75) is 0 Å². The number of aromatic nitrogens is 2. The van der Waals surface area contributed by atoms with Crippen molar-refractivity contribution in [2.75, 3.05) is 5.73 Å². The van der Waals surface area contributed by atoms with E-state index in [0.29, 0.717) is 0 Å². The summed E-state index contributed by atoms with van der Waals surface area (Å²) in [6.45, 7) is 0. The molecule has 2 N–H and O–H groups in total. The summed E-state index contributed by atoms with van der Waals surface area (Å²) in [5, 5.41) is 0.0959. The molecule has 1 aromatic carbocycles. The number of rotatable bonds is 0. The minimum atomic E-state index is -0.650. The average Bonchev–Trinajstić information content (AvgIpc) is 2.33. The van der Waals surface area contributed by atoms with Crippen LogP contribution >= 0.6 is 11.3 Å². The molecular weight excluding hydrogens is 260 g/mol. The highest BCUT2D eigenvalue weighted by molar-refractivity contribution is 7.22. The minimum absolute atomic E-state index is 0.00339. The van der Waals surface area contributed by atoms with E-state index in [-0.39, 0.29) is 26.1 Å². The monoisotopic (exact) mass is 265 g/mol. The fourth-order valence-electron chi connectivity index (χ4n) is 1.75. The van der Waals surface area contributed by atoms with Crippen molar-refractivity contribution in [3.8, 4) is 0 Å². The van der Waals surface area contributed by atoms with Gasteiger partial charge in [-0.1, -0.05) is 11.3 Å². The third-order valence-corrected chi connectivity index (χ3v) is 3.45. The molecule has 0 aliphatic heterocycles. The number of anilines is 1. The maximum absolute atomic E-state index is 13.8. The Bertz CT molecular complexity index is 847. The molecule has 0 unspecified atom stereocenters. The molecule has 0 saturated carbocycles. The first-order valence-electron chi connectivity index (χ1n) is 4.91. The largest absolute Gasteiger partial charge is 0.375 e. The fraction of sp³-hybridized carbons (Fsp3) is 0. The topological polar surface area (TPSA) is 68.9 Å². The molecule has 2 aromatic heterocycles. The van der Waals surface area contributed by atoms with E-state index in [1.807, 2.05) is 0 Å². The Labute approximate surface area is 103 Å². The molecule has 0 atom stereocenters. The van der Waals surface area contributed by atoms with Crippen LogP contribution in [-0.2, 0) is 0 Å². The molecule has 4 nitrogen and oxygen atoms in total. The Balaban J connectivity index is 2.69. The number of hydrogen-bond acceptors (Lipinski definition) is 5. The normalized spacial score (nSPS) is 11.2. The number of nitrogen functional groups attached to an aromatic ring is 1. The van der Waals surface area contributed by atoms with E-state index in [2.05, 4.69) is 9.97 Å². The van der Waals surface area contributed by atoms with Crippen LogP contribution in [0.3, 0.4) is 0 Å². The highest BCUT2D eigenvalue weighted by atomic mass is 32.1. The summed E-state index contributed by atoms with van der Waals surface area (Å²) in [6.07, 6.45) is 1.19. The number of pyridine rings is 1. The fourth-order valence-corrected chi connectivity index (χ4v) is 2.64. The highest BCUT2D eigenvalue weighted by Crippen LogP contribution is 2.30. The smallest absolute Gasteiger partial charge is 0.282 e. The standard InChI is InChI=1S/C11H5F2N3OS/c12-5-1-2-6(13)8-7(5)9-4(3-15-8)10(17)16-11(14)18-9/h1-3H,(H2,14,16,17). The van der Waals surface area contributed by atoms with Gasteiger partial charge in [-0.05, 0) is 12.1 Å². The highest BCUT2D eigenvalue weighted by Gasteiger charge is 2.14. The van der Waals surface area contributed by atoms with Gasteiger partial charge in [-0.3, -0.25) is 9.78 Å². The molecule has 3 rings (SSSR count). The lowest BCUT2D eigenvalue weighted by Crippen LogP contribution is -2.08. The van der Waals surface area contributed by atoms with Crippen LogP contribution in [0.15, 0.2) is 23.1 Å². The number of benzene rings is 1. The van der Waals surface area contributed by atoms with Gasteiger partial charge in [-0.15, -0.1) is 0 Å². The van der Waals surface area contributed by atoms with Gasteiger partial charge in [-0.2, -0.15) is 4.98 Å². The van der Waals surface area contributed by atoms with Crippen molar-refractivity contribution in [2.24, 2.45) is 0 Å². The molecule has 0 fully saturated rings. The first kappa shape index (κ1) is 11.0. The molecule has 7 heteroatoms. The zero-order valence-electron chi connectivity index (χ0n) is 8.78. The van der Waals surface area contributed by atoms with Crippen LogP contribution in [0.1, 0.15) is 0 Å². The van der Waals surface area contributed by atoms with Crippen molar-refractivity contribution < 1.29 is 8.78 Å². The van der Waals surface area contributed by atoms with Gasteiger partial charge in [0.2, 0.25) is 0 Å². The van der Waals surface area contributed by atoms with Crippen molar-refractivity contribution in [1.29, 1.82) is 0 Å². The van der Waals surface area contributed by atoms with Gasteiger partial charge in [0.1, 0.15) is 17.2 Å². The lowest BCUT2D eigenvalue weighted by Gasteiger charge is -2.04. The predicted octanol–water partition coefficient (Wildman–Crippen LogP) is 2.07. The molecule has 0 spiro atoms. The van der Waals surface area contributed by atoms with Crippen molar-refractivity contribution >= 4 is 37.5 Å². The van der Waals surface area contributed by atoms with Crippen LogP contribution in [-0.4, -0.2) is 9.97 Å². The molecule has 0 amide bonds. The lowest BCUT2D eigenvalue weighted by atomic mass is 10.2. The third kappa shape index (κ3) is 1.44. The van der Waals surface area contributed by atoms with E-state index >= 15 is 0 Å². The summed E-state index contributed by atoms with van der Waals surface area (Å²) in [5.41, 5.74) is 4.76. The van der Waals surface area contributed by atoms with Crippen LogP contribution in [0.4, 0.5) is 13.9 Å². The SMILES string of the molecule is Nc1nc(=O)c2cnc3c(F)ccc(F)c3c2s1. The van der Waals surface area contributed by atoms with Gasteiger partial charge in [0.25, 0.3) is 5.56 Å². The molecule has 0 bridgehead atoms. The second-order valence-electron chi connectivity index (χ2n) is 3.61. The van der Waals surface area contributed by atoms with Crippen LogP contribution in [0, 0.1) is 11.6 Å². The Hall–Kier alpha value is -2.15. The lowest BCUT2D eigenvalue weighted by molar-refractivity contribution is 0.616. The van der Waals surface area contributed by atoms with Gasteiger partial charge < -0.3 is 5.73 Å². The number of halogens is 2. The Morgan fingerprint density at radius 2 is 1.94 bits per heavy atom. The van der Waals surface area contributed by atoms with Gasteiger partial charge in [0.15, 0.2) is 5.13 Å². The van der Waals surface area contributed by atoms with E-state index in [0.717, 1.165) is 23.5 Å². The van der Waals surface area contributed by atoms with E-state index < -0.39 is 17.2 Å². The zero-order chi connectivity index (χ0) is 12.9. The van der Waals surface area contributed by atoms with Crippen LogP contribution < -0.4 is 11.3 Å². The molecule has 0 aliphatic rings. The second kappa shape index (κ2) is 3.67. The summed E-state index contributed by atoms with van der Waals surface area (Å²) >= 11 is 0.928. The average molecular weight is 265 g/mol. The zero-order valence-corrected chi connectivity index (χ0v) is 9.59. The number of fused-ring (bicyclic) bond motifs is 3. The van der Waals surface area contributed by atoms with Crippen molar-refractivity contribution in [1.82, 2.24) is 9.97 Å². The first-order chi connectivity index (χ1) is 8.58. The predicted molar refractivity (Wildman–Crippen MR) is 65.5 cm³/mol. The number of nitrogens with two attached hydrogens (primary N) is 1. The Kier molecular flexibility index (Phi) is 2.24. The van der Waals surface area contributed by atoms with Crippen LogP contribution in [0.25, 0.3) is 21.0 Å². The number of nitrogens with zero attached hydrogens (tertiary/aromatic N) is 2. The van der Waals surface area contributed by atoms with Crippen LogP contribution in [0.5, 0.6) is 0 Å². The molecule has 2 heterocycles. The molecule has 0 radical (unpaired) electrons. The van der Waals surface area contributed by atoms with E-state index in [1.165, 1.54) is 6.20 Å². The number of hydrogen-bond donors (Lipinski definition) is 1. The quantitative estimate of drug-likeness (QED) is 0.632. The van der Waals surface area contributed by atoms with Gasteiger partial charge in [0, 0.05) is 6.20 Å². The summed E-state index contributed by atoms with van der Waals surface area (Å²) in [5.74, 6) is -1.30. The van der Waals surface area contributed by atoms with Gasteiger partial charge in [0.05, 0.1) is 15.5 Å². The van der Waals surface area contributed by atoms with E-state index in [9.17, 15) is 13.6 Å². The maximum Gasteiger partial charge on any atom is 0.282 e. The van der Waals surface area contributed by atoms with E-state index in [4.69, 9.17) is 5.73 Å². The molecule has 3 aromatic rings. The van der Waals surface area contributed by atoms with Gasteiger partial charge in [-0.25, -0.2) is 8.78 Å². The minimum Gasteiger partial charge on any atom is -0.375 e. The summed E-state index contributed by atoms with van der Waals surface area (Å²) in [4.78, 5) is 18.9. The maximum atomic E-state index is 13.8. The van der Waals surface area contributed by atoms with Gasteiger partial charge >= 0.3 is 0 Å². The molecule has 0 aliphatic carbocycles. The van der Waals surface area contributed by atoms with Crippen molar-refractivity contribution in [3.05, 3.63) is 40.3 Å². The molecular formula is C11H5F2N3OS. The summed E-state index contributed by atoms with van der Waals surface area (Å²) < 4.78 is 27.6. The Morgan fingerprint density at radius 3 is 2.72 bits per heavy atom.